The summed E-state index contributed by atoms with van der Waals surface area (Å²) >= 11 is 0. The molecule has 35 heavy (non-hydrogen) atoms. The number of likely N-dealkylation sites (tertiary alicyclic amines) is 1. The lowest BCUT2D eigenvalue weighted by Gasteiger charge is -2.40. The number of nitrogens with zero attached hydrogens (tertiary/aromatic N) is 1. The average Bonchev–Trinajstić information content (AvgIpc) is 2.85. The number of rotatable bonds is 7. The van der Waals surface area contributed by atoms with Crippen LogP contribution in [0.4, 0.5) is 8.78 Å². The van der Waals surface area contributed by atoms with Crippen LogP contribution in [-0.2, 0) is 22.7 Å². The van der Waals surface area contributed by atoms with Crippen LogP contribution in [0.3, 0.4) is 0 Å². The molecule has 0 aliphatic carbocycles. The van der Waals surface area contributed by atoms with Gasteiger partial charge in [-0.25, -0.2) is 8.78 Å². The van der Waals surface area contributed by atoms with Gasteiger partial charge in [0.2, 0.25) is 0 Å². The monoisotopic (exact) mass is 497 g/mol. The molecule has 6 heteroatoms. The molecule has 1 saturated heterocycles. The summed E-state index contributed by atoms with van der Waals surface area (Å²) in [6, 6.07) is 22.1. The Balaban J connectivity index is 0.000000320. The van der Waals surface area contributed by atoms with E-state index in [9.17, 15) is 8.78 Å². The number of hydrogen-bond donors (Lipinski definition) is 0. The van der Waals surface area contributed by atoms with Crippen molar-refractivity contribution >= 4 is 14.5 Å². The minimum absolute atomic E-state index is 0.0831. The maximum atomic E-state index is 13.9. The van der Waals surface area contributed by atoms with Gasteiger partial charge in [0, 0.05) is 43.4 Å². The van der Waals surface area contributed by atoms with Crippen LogP contribution in [0.25, 0.3) is 0 Å². The largest absolute Gasteiger partial charge is 0.380 e. The molecule has 1 heterocycles. The van der Waals surface area contributed by atoms with Gasteiger partial charge < -0.3 is 14.4 Å². The van der Waals surface area contributed by atoms with Gasteiger partial charge in [-0.2, -0.15) is 0 Å². The van der Waals surface area contributed by atoms with E-state index >= 15 is 0 Å². The predicted molar refractivity (Wildman–Crippen MR) is 142 cm³/mol. The number of hydrogen-bond acceptors (Lipinski definition) is 3. The van der Waals surface area contributed by atoms with Crippen LogP contribution in [0.15, 0.2) is 85.1 Å². The van der Waals surface area contributed by atoms with Gasteiger partial charge in [0.1, 0.15) is 11.6 Å². The average molecular weight is 498 g/mol. The van der Waals surface area contributed by atoms with Gasteiger partial charge >= 0.3 is 0 Å². The predicted octanol–water partition coefficient (Wildman–Crippen LogP) is 6.21. The van der Waals surface area contributed by atoms with Gasteiger partial charge in [0.05, 0.1) is 19.3 Å². The van der Waals surface area contributed by atoms with E-state index in [4.69, 9.17) is 9.47 Å². The molecular weight excluding hydrogens is 463 g/mol. The van der Waals surface area contributed by atoms with Gasteiger partial charge in [-0.05, 0) is 35.8 Å². The van der Waals surface area contributed by atoms with E-state index in [0.29, 0.717) is 18.7 Å². The molecule has 0 amide bonds. The molecule has 186 valence electrons. The molecule has 1 fully saturated rings. The standard InChI is InChI=1S/C21H24F2NOP.C8H10O/c1-14(2)24-10-9-19(15-4-7-18(26)8-5-15)21(12-24)25-13-16-3-6-17(22)11-20(16)23;1-9-7-8-5-3-2-4-6-8/h3-8,11,19,21H,1,9-10,12-13,26H2,2H3;2-6H,7H2,1H3. The topological polar surface area (TPSA) is 21.7 Å². The van der Waals surface area contributed by atoms with Gasteiger partial charge in [-0.15, -0.1) is 9.24 Å². The van der Waals surface area contributed by atoms with Crippen LogP contribution in [0.5, 0.6) is 0 Å². The lowest BCUT2D eigenvalue weighted by Crippen LogP contribution is -2.43. The van der Waals surface area contributed by atoms with Gasteiger partial charge in [0.25, 0.3) is 0 Å². The summed E-state index contributed by atoms with van der Waals surface area (Å²) in [4.78, 5) is 2.20. The Kier molecular flexibility index (Phi) is 10.4. The second-order valence-corrected chi connectivity index (χ2v) is 9.41. The second kappa shape index (κ2) is 13.5. The summed E-state index contributed by atoms with van der Waals surface area (Å²) in [7, 11) is 4.39. The van der Waals surface area contributed by atoms with Gasteiger partial charge in [-0.1, -0.05) is 67.2 Å². The maximum absolute atomic E-state index is 13.9. The third-order valence-corrected chi connectivity index (χ3v) is 6.47. The number of allylic oxidation sites excluding steroid dienone is 1. The minimum Gasteiger partial charge on any atom is -0.380 e. The zero-order valence-corrected chi connectivity index (χ0v) is 21.6. The zero-order chi connectivity index (χ0) is 25.2. The van der Waals surface area contributed by atoms with E-state index in [-0.39, 0.29) is 18.6 Å². The highest BCUT2D eigenvalue weighted by atomic mass is 31.0. The first kappa shape index (κ1) is 27.0. The molecule has 3 aromatic carbocycles. The number of benzene rings is 3. The van der Waals surface area contributed by atoms with Crippen LogP contribution in [-0.4, -0.2) is 31.2 Å². The molecule has 1 aliphatic rings. The maximum Gasteiger partial charge on any atom is 0.131 e. The number of ether oxygens (including phenoxy) is 2. The lowest BCUT2D eigenvalue weighted by atomic mass is 9.86. The highest BCUT2D eigenvalue weighted by Gasteiger charge is 2.31. The van der Waals surface area contributed by atoms with Crippen molar-refractivity contribution in [2.45, 2.75) is 38.6 Å². The summed E-state index contributed by atoms with van der Waals surface area (Å²) in [5, 5.41) is 1.14. The van der Waals surface area contributed by atoms with Crippen molar-refractivity contribution in [1.82, 2.24) is 4.90 Å². The van der Waals surface area contributed by atoms with Crippen molar-refractivity contribution in [1.29, 1.82) is 0 Å². The van der Waals surface area contributed by atoms with Crippen LogP contribution < -0.4 is 5.30 Å². The van der Waals surface area contributed by atoms with E-state index < -0.39 is 11.6 Å². The minimum atomic E-state index is -0.576. The number of halogens is 2. The molecule has 1 aliphatic heterocycles. The Morgan fingerprint density at radius 1 is 1.03 bits per heavy atom. The van der Waals surface area contributed by atoms with Crippen LogP contribution in [0.2, 0.25) is 0 Å². The highest BCUT2D eigenvalue weighted by Crippen LogP contribution is 2.32. The van der Waals surface area contributed by atoms with E-state index in [2.05, 4.69) is 45.0 Å². The Morgan fingerprint density at radius 3 is 2.37 bits per heavy atom. The summed E-state index contributed by atoms with van der Waals surface area (Å²) in [6.45, 7) is 8.49. The SMILES string of the molecule is C=C(C)N1CCC(c2ccc(P)cc2)C(OCc2ccc(F)cc2F)C1.COCc1ccccc1. The fourth-order valence-corrected chi connectivity index (χ4v) is 4.33. The summed E-state index contributed by atoms with van der Waals surface area (Å²) in [5.74, 6) is -0.908. The Bertz CT molecular complexity index is 1080. The van der Waals surface area contributed by atoms with Gasteiger partial charge in [-0.3, -0.25) is 0 Å². The van der Waals surface area contributed by atoms with E-state index in [0.717, 1.165) is 30.0 Å². The Hall–Kier alpha value is -2.59. The third-order valence-electron chi connectivity index (χ3n) is 6.09. The fraction of sp³-hybridized carbons (Fsp3) is 0.310. The molecule has 0 N–H and O–H groups in total. The highest BCUT2D eigenvalue weighted by molar-refractivity contribution is 7.27. The molecule has 0 aromatic heterocycles. The molecule has 3 nitrogen and oxygen atoms in total. The smallest absolute Gasteiger partial charge is 0.131 e. The molecule has 0 saturated carbocycles. The second-order valence-electron chi connectivity index (χ2n) is 8.75. The van der Waals surface area contributed by atoms with Crippen LogP contribution in [0.1, 0.15) is 36.0 Å². The van der Waals surface area contributed by atoms with Crippen molar-refractivity contribution in [3.63, 3.8) is 0 Å². The van der Waals surface area contributed by atoms with Crippen molar-refractivity contribution in [3.8, 4) is 0 Å². The Morgan fingerprint density at radius 2 is 1.74 bits per heavy atom. The summed E-state index contributed by atoms with van der Waals surface area (Å²) < 4.78 is 38.1. The molecule has 3 unspecified atom stereocenters. The molecule has 3 atom stereocenters. The number of piperidine rings is 1. The normalized spacial score (nSPS) is 17.5. The fourth-order valence-electron chi connectivity index (χ4n) is 4.13. The van der Waals surface area contributed by atoms with Gasteiger partial charge in [0.15, 0.2) is 0 Å². The molecule has 3 aromatic rings. The van der Waals surface area contributed by atoms with Crippen molar-refractivity contribution < 1.29 is 18.3 Å². The third kappa shape index (κ3) is 8.24. The molecule has 0 radical (unpaired) electrons. The molecule has 0 spiro atoms. The summed E-state index contributed by atoms with van der Waals surface area (Å²) in [6.07, 6.45) is 0.861. The first-order chi connectivity index (χ1) is 16.9. The zero-order valence-electron chi connectivity index (χ0n) is 20.4. The van der Waals surface area contributed by atoms with E-state index in [1.54, 1.807) is 7.11 Å². The first-order valence-corrected chi connectivity index (χ1v) is 12.3. The number of methoxy groups -OCH3 is 1. The first-order valence-electron chi connectivity index (χ1n) is 11.7. The lowest BCUT2D eigenvalue weighted by molar-refractivity contribution is -0.0172. The van der Waals surface area contributed by atoms with Crippen molar-refractivity contribution in [2.24, 2.45) is 0 Å². The Labute approximate surface area is 210 Å². The van der Waals surface area contributed by atoms with Crippen LogP contribution in [0, 0.1) is 11.6 Å². The van der Waals surface area contributed by atoms with E-state index in [1.807, 2.05) is 37.3 Å². The van der Waals surface area contributed by atoms with Crippen molar-refractivity contribution in [2.75, 3.05) is 20.2 Å². The summed E-state index contributed by atoms with van der Waals surface area (Å²) in [5.41, 5.74) is 3.82. The molecule has 4 rings (SSSR count). The quantitative estimate of drug-likeness (QED) is 0.363. The molecule has 0 bridgehead atoms. The molecular formula is C29H34F2NO2P. The van der Waals surface area contributed by atoms with Crippen molar-refractivity contribution in [3.05, 3.63) is 113 Å². The van der Waals surface area contributed by atoms with E-state index in [1.165, 1.54) is 23.3 Å². The van der Waals surface area contributed by atoms with Crippen LogP contribution >= 0.6 is 9.24 Å².